The Kier molecular flexibility index (Phi) is 6.07. The standard InChI is InChI=1S/C24H26N2O3/c1-24(2,3)29-23(27)26-22-13-12-19(15-21(22)25)18-10-7-11-20(14-18)28-16-17-8-5-4-6-9-17/h4-15H,16,25H2,1-3H3,(H,26,27). The maximum absolute atomic E-state index is 12.0. The first-order chi connectivity index (χ1) is 13.8. The number of rotatable bonds is 5. The molecule has 3 aromatic rings. The molecule has 3 N–H and O–H groups in total. The van der Waals surface area contributed by atoms with Gasteiger partial charge in [-0.1, -0.05) is 48.5 Å². The molecule has 1 amide bonds. The lowest BCUT2D eigenvalue weighted by molar-refractivity contribution is 0.0636. The van der Waals surface area contributed by atoms with E-state index < -0.39 is 11.7 Å². The molecule has 0 fully saturated rings. The molecule has 0 aliphatic carbocycles. The highest BCUT2D eigenvalue weighted by Crippen LogP contribution is 2.29. The Labute approximate surface area is 171 Å². The van der Waals surface area contributed by atoms with Gasteiger partial charge in [-0.15, -0.1) is 0 Å². The molecule has 0 bridgehead atoms. The lowest BCUT2D eigenvalue weighted by Gasteiger charge is -2.20. The molecule has 150 valence electrons. The van der Waals surface area contributed by atoms with Crippen molar-refractivity contribution in [3.63, 3.8) is 0 Å². The van der Waals surface area contributed by atoms with Crippen LogP contribution in [0.1, 0.15) is 26.3 Å². The van der Waals surface area contributed by atoms with Gasteiger partial charge < -0.3 is 15.2 Å². The number of nitrogens with two attached hydrogens (primary N) is 1. The van der Waals surface area contributed by atoms with E-state index in [0.29, 0.717) is 18.0 Å². The van der Waals surface area contributed by atoms with Crippen LogP contribution in [0.25, 0.3) is 11.1 Å². The van der Waals surface area contributed by atoms with Crippen LogP contribution in [-0.4, -0.2) is 11.7 Å². The maximum Gasteiger partial charge on any atom is 0.412 e. The van der Waals surface area contributed by atoms with E-state index in [4.69, 9.17) is 15.2 Å². The Balaban J connectivity index is 1.70. The van der Waals surface area contributed by atoms with Gasteiger partial charge in [0.25, 0.3) is 0 Å². The minimum absolute atomic E-state index is 0.462. The summed E-state index contributed by atoms with van der Waals surface area (Å²) in [4.78, 5) is 12.0. The van der Waals surface area contributed by atoms with Crippen molar-refractivity contribution in [1.82, 2.24) is 0 Å². The number of hydrogen-bond donors (Lipinski definition) is 2. The summed E-state index contributed by atoms with van der Waals surface area (Å²) < 4.78 is 11.2. The predicted molar refractivity (Wildman–Crippen MR) is 117 cm³/mol. The van der Waals surface area contributed by atoms with Gasteiger partial charge in [-0.3, -0.25) is 5.32 Å². The third-order valence-electron chi connectivity index (χ3n) is 4.10. The van der Waals surface area contributed by atoms with Crippen LogP contribution in [0.3, 0.4) is 0 Å². The summed E-state index contributed by atoms with van der Waals surface area (Å²) in [6.07, 6.45) is -0.534. The van der Waals surface area contributed by atoms with Gasteiger partial charge in [-0.05, 0) is 61.7 Å². The van der Waals surface area contributed by atoms with Crippen molar-refractivity contribution in [3.05, 3.63) is 78.4 Å². The van der Waals surface area contributed by atoms with Crippen molar-refractivity contribution in [2.24, 2.45) is 0 Å². The van der Waals surface area contributed by atoms with Gasteiger partial charge in [0.15, 0.2) is 0 Å². The molecule has 0 unspecified atom stereocenters. The number of hydrogen-bond acceptors (Lipinski definition) is 4. The van der Waals surface area contributed by atoms with Gasteiger partial charge in [-0.25, -0.2) is 4.79 Å². The second-order valence-electron chi connectivity index (χ2n) is 7.73. The quantitative estimate of drug-likeness (QED) is 0.535. The second kappa shape index (κ2) is 8.69. The van der Waals surface area contributed by atoms with E-state index in [2.05, 4.69) is 5.32 Å². The highest BCUT2D eigenvalue weighted by molar-refractivity contribution is 5.90. The number of nitrogens with one attached hydrogen (secondary N) is 1. The molecule has 0 saturated carbocycles. The lowest BCUT2D eigenvalue weighted by atomic mass is 10.0. The summed E-state index contributed by atoms with van der Waals surface area (Å²) in [5.74, 6) is 0.779. The number of carbonyl (C=O) groups is 1. The zero-order chi connectivity index (χ0) is 20.9. The van der Waals surface area contributed by atoms with Gasteiger partial charge in [-0.2, -0.15) is 0 Å². The van der Waals surface area contributed by atoms with E-state index in [1.165, 1.54) is 0 Å². The van der Waals surface area contributed by atoms with Crippen molar-refractivity contribution in [1.29, 1.82) is 0 Å². The second-order valence-corrected chi connectivity index (χ2v) is 7.73. The molecule has 5 nitrogen and oxygen atoms in total. The molecule has 0 aliphatic rings. The van der Waals surface area contributed by atoms with Crippen LogP contribution in [0, 0.1) is 0 Å². The van der Waals surface area contributed by atoms with Gasteiger partial charge in [0.1, 0.15) is 18.0 Å². The van der Waals surface area contributed by atoms with Crippen molar-refractivity contribution in [2.45, 2.75) is 33.0 Å². The van der Waals surface area contributed by atoms with E-state index in [1.807, 2.05) is 87.5 Å². The smallest absolute Gasteiger partial charge is 0.412 e. The molecule has 5 heteroatoms. The van der Waals surface area contributed by atoms with Gasteiger partial charge in [0, 0.05) is 0 Å². The summed E-state index contributed by atoms with van der Waals surface area (Å²) in [6, 6.07) is 23.3. The molecule has 0 aromatic heterocycles. The van der Waals surface area contributed by atoms with E-state index in [9.17, 15) is 4.79 Å². The summed E-state index contributed by atoms with van der Waals surface area (Å²) >= 11 is 0. The molecule has 29 heavy (non-hydrogen) atoms. The summed E-state index contributed by atoms with van der Waals surface area (Å²) in [6.45, 7) is 5.94. The molecule has 0 saturated heterocycles. The Morgan fingerprint density at radius 1 is 0.931 bits per heavy atom. The molecule has 0 aliphatic heterocycles. The van der Waals surface area contributed by atoms with Crippen molar-refractivity contribution >= 4 is 17.5 Å². The highest BCUT2D eigenvalue weighted by Gasteiger charge is 2.17. The number of benzene rings is 3. The normalized spacial score (nSPS) is 11.0. The number of amides is 1. The van der Waals surface area contributed by atoms with Crippen LogP contribution in [0.15, 0.2) is 72.8 Å². The molecule has 0 atom stereocenters. The zero-order valence-electron chi connectivity index (χ0n) is 16.9. The zero-order valence-corrected chi connectivity index (χ0v) is 16.9. The molecule has 0 radical (unpaired) electrons. The van der Waals surface area contributed by atoms with Crippen molar-refractivity contribution in [3.8, 4) is 16.9 Å². The largest absolute Gasteiger partial charge is 0.489 e. The van der Waals surface area contributed by atoms with Crippen molar-refractivity contribution in [2.75, 3.05) is 11.1 Å². The van der Waals surface area contributed by atoms with Gasteiger partial charge in [0.2, 0.25) is 0 Å². The maximum atomic E-state index is 12.0. The fourth-order valence-electron chi connectivity index (χ4n) is 2.78. The van der Waals surface area contributed by atoms with Crippen LogP contribution < -0.4 is 15.8 Å². The molecule has 3 rings (SSSR count). The minimum Gasteiger partial charge on any atom is -0.489 e. The Bertz CT molecular complexity index is 979. The summed E-state index contributed by atoms with van der Waals surface area (Å²) in [7, 11) is 0. The fourth-order valence-corrected chi connectivity index (χ4v) is 2.78. The third-order valence-corrected chi connectivity index (χ3v) is 4.10. The molecule has 0 spiro atoms. The Morgan fingerprint density at radius 2 is 1.66 bits per heavy atom. The first-order valence-electron chi connectivity index (χ1n) is 9.47. The van der Waals surface area contributed by atoms with Gasteiger partial charge >= 0.3 is 6.09 Å². The van der Waals surface area contributed by atoms with Crippen molar-refractivity contribution < 1.29 is 14.3 Å². The van der Waals surface area contributed by atoms with Crippen LogP contribution in [0.5, 0.6) is 5.75 Å². The van der Waals surface area contributed by atoms with E-state index in [-0.39, 0.29) is 0 Å². The van der Waals surface area contributed by atoms with Crippen LogP contribution in [0.2, 0.25) is 0 Å². The fraction of sp³-hybridized carbons (Fsp3) is 0.208. The Morgan fingerprint density at radius 3 is 2.34 bits per heavy atom. The summed E-state index contributed by atoms with van der Waals surface area (Å²) in [5, 5.41) is 2.68. The number of ether oxygens (including phenoxy) is 2. The van der Waals surface area contributed by atoms with Crippen LogP contribution in [-0.2, 0) is 11.3 Å². The Hall–Kier alpha value is -3.47. The third kappa shape index (κ3) is 6.01. The topological polar surface area (TPSA) is 73.6 Å². The SMILES string of the molecule is CC(C)(C)OC(=O)Nc1ccc(-c2cccc(OCc3ccccc3)c2)cc1N. The van der Waals surface area contributed by atoms with E-state index >= 15 is 0 Å². The van der Waals surface area contributed by atoms with Gasteiger partial charge in [0.05, 0.1) is 11.4 Å². The lowest BCUT2D eigenvalue weighted by Crippen LogP contribution is -2.27. The molecular formula is C24H26N2O3. The number of carbonyl (C=O) groups excluding carboxylic acids is 1. The highest BCUT2D eigenvalue weighted by atomic mass is 16.6. The first-order valence-corrected chi connectivity index (χ1v) is 9.47. The van der Waals surface area contributed by atoms with E-state index in [0.717, 1.165) is 22.4 Å². The minimum atomic E-state index is -0.570. The summed E-state index contributed by atoms with van der Waals surface area (Å²) in [5.41, 5.74) is 9.57. The predicted octanol–water partition coefficient (Wildman–Crippen LogP) is 5.86. The first kappa shape index (κ1) is 20.3. The number of anilines is 2. The monoisotopic (exact) mass is 390 g/mol. The molecule has 0 heterocycles. The van der Waals surface area contributed by atoms with Crippen LogP contribution >= 0.6 is 0 Å². The number of nitrogen functional groups attached to an aromatic ring is 1. The average Bonchev–Trinajstić information content (AvgIpc) is 2.67. The molecule has 3 aromatic carbocycles. The average molecular weight is 390 g/mol. The molecular weight excluding hydrogens is 364 g/mol. The van der Waals surface area contributed by atoms with E-state index in [1.54, 1.807) is 6.07 Å². The van der Waals surface area contributed by atoms with Crippen LogP contribution in [0.4, 0.5) is 16.2 Å².